The van der Waals surface area contributed by atoms with Crippen LogP contribution in [-0.4, -0.2) is 63.9 Å². The van der Waals surface area contributed by atoms with Crippen molar-refractivity contribution in [1.29, 1.82) is 0 Å². The second kappa shape index (κ2) is 11.0. The Morgan fingerprint density at radius 3 is 2.56 bits per heavy atom. The Labute approximate surface area is 204 Å². The van der Waals surface area contributed by atoms with E-state index in [4.69, 9.17) is 17.3 Å². The number of aliphatic imine (C=N–C) groups is 1. The molecule has 3 N–H and O–H groups in total. The van der Waals surface area contributed by atoms with Gasteiger partial charge in [-0.25, -0.2) is 0 Å². The molecule has 0 atom stereocenters. The van der Waals surface area contributed by atoms with Crippen molar-refractivity contribution in [2.24, 2.45) is 10.9 Å². The van der Waals surface area contributed by atoms with Crippen LogP contribution in [0, 0.1) is 5.92 Å². The zero-order valence-electron chi connectivity index (χ0n) is 17.5. The van der Waals surface area contributed by atoms with Gasteiger partial charge in [-0.15, -0.1) is 11.3 Å². The standard InChI is InChI=1S/C22H24BrN3O4S2/c1-13(17-12-32-21(20(17)29)14-2-4-16(23)5-3-14)24-10-18(31)26-8-6-15(7-9-26)22(30)25-11-19(27)28/h2-5,12,15,29H,6-11H2,1H3,(H,25,30)(H,27,28). The van der Waals surface area contributed by atoms with Gasteiger partial charge >= 0.3 is 5.97 Å². The maximum atomic E-state index is 12.0. The number of carboxylic acid groups (broad SMARTS) is 1. The zero-order valence-corrected chi connectivity index (χ0v) is 20.7. The summed E-state index contributed by atoms with van der Waals surface area (Å²) in [7, 11) is 0. The summed E-state index contributed by atoms with van der Waals surface area (Å²) in [6, 6.07) is 7.78. The number of carboxylic acids is 1. The van der Waals surface area contributed by atoms with Crippen molar-refractivity contribution >= 4 is 62.1 Å². The number of likely N-dealkylation sites (tertiary alicyclic amines) is 1. The minimum atomic E-state index is -1.05. The molecule has 1 aromatic heterocycles. The van der Waals surface area contributed by atoms with Crippen molar-refractivity contribution in [2.75, 3.05) is 26.2 Å². The van der Waals surface area contributed by atoms with Crippen LogP contribution in [0.1, 0.15) is 25.3 Å². The fourth-order valence-corrected chi connectivity index (χ4v) is 5.01. The largest absolute Gasteiger partial charge is 0.506 e. The van der Waals surface area contributed by atoms with E-state index in [9.17, 15) is 14.7 Å². The first-order chi connectivity index (χ1) is 15.3. The molecule has 0 aliphatic carbocycles. The number of nitrogens with zero attached hydrogens (tertiary/aromatic N) is 2. The summed E-state index contributed by atoms with van der Waals surface area (Å²) >= 11 is 10.4. The fourth-order valence-electron chi connectivity index (χ4n) is 3.48. The van der Waals surface area contributed by atoms with Gasteiger partial charge in [-0.05, 0) is 37.5 Å². The van der Waals surface area contributed by atoms with Crippen LogP contribution in [0.4, 0.5) is 0 Å². The number of rotatable bonds is 7. The number of thiocarbonyl (C=S) groups is 1. The lowest BCUT2D eigenvalue weighted by Crippen LogP contribution is -2.44. The number of carbonyl (C=O) groups excluding carboxylic acids is 1. The quantitative estimate of drug-likeness (QED) is 0.365. The highest BCUT2D eigenvalue weighted by atomic mass is 79.9. The summed E-state index contributed by atoms with van der Waals surface area (Å²) in [6.45, 7) is 3.10. The van der Waals surface area contributed by atoms with E-state index >= 15 is 0 Å². The summed E-state index contributed by atoms with van der Waals surface area (Å²) in [5.41, 5.74) is 2.36. The normalized spacial score (nSPS) is 14.9. The number of hydrogen-bond donors (Lipinski definition) is 3. The van der Waals surface area contributed by atoms with Crippen LogP contribution in [0.15, 0.2) is 39.1 Å². The number of carbonyl (C=O) groups is 2. The number of amides is 1. The highest BCUT2D eigenvalue weighted by Crippen LogP contribution is 2.39. The molecule has 0 bridgehead atoms. The monoisotopic (exact) mass is 537 g/mol. The van der Waals surface area contributed by atoms with Crippen LogP contribution in [0.5, 0.6) is 5.75 Å². The maximum Gasteiger partial charge on any atom is 0.322 e. The molecule has 1 aliphatic heterocycles. The highest BCUT2D eigenvalue weighted by Gasteiger charge is 2.26. The summed E-state index contributed by atoms with van der Waals surface area (Å²) in [5, 5.41) is 23.7. The lowest BCUT2D eigenvalue weighted by Gasteiger charge is -2.32. The van der Waals surface area contributed by atoms with Crippen LogP contribution >= 0.6 is 39.5 Å². The molecule has 2 heterocycles. The number of hydrogen-bond acceptors (Lipinski definition) is 6. The molecule has 1 aliphatic rings. The highest BCUT2D eigenvalue weighted by molar-refractivity contribution is 9.10. The van der Waals surface area contributed by atoms with Gasteiger partial charge in [0.2, 0.25) is 5.91 Å². The topological polar surface area (TPSA) is 102 Å². The van der Waals surface area contributed by atoms with E-state index in [0.717, 1.165) is 14.9 Å². The molecule has 7 nitrogen and oxygen atoms in total. The van der Waals surface area contributed by atoms with E-state index in [2.05, 4.69) is 26.2 Å². The van der Waals surface area contributed by atoms with Crippen LogP contribution in [0.25, 0.3) is 10.4 Å². The number of halogens is 1. The van der Waals surface area contributed by atoms with Gasteiger partial charge in [-0.3, -0.25) is 14.6 Å². The number of benzene rings is 1. The van der Waals surface area contributed by atoms with E-state index in [-0.39, 0.29) is 24.1 Å². The average molecular weight is 538 g/mol. The van der Waals surface area contributed by atoms with E-state index in [0.29, 0.717) is 48.7 Å². The number of aromatic hydroxyl groups is 1. The molecule has 0 saturated carbocycles. The molecule has 0 unspecified atom stereocenters. The smallest absolute Gasteiger partial charge is 0.322 e. The summed E-state index contributed by atoms with van der Waals surface area (Å²) in [4.78, 5) is 30.7. The van der Waals surface area contributed by atoms with Gasteiger partial charge in [0.15, 0.2) is 0 Å². The number of aliphatic carboxylic acids is 1. The molecule has 1 saturated heterocycles. The third-order valence-electron chi connectivity index (χ3n) is 5.34. The van der Waals surface area contributed by atoms with Crippen molar-refractivity contribution in [3.63, 3.8) is 0 Å². The van der Waals surface area contributed by atoms with Crippen molar-refractivity contribution in [1.82, 2.24) is 10.2 Å². The Balaban J connectivity index is 1.55. The lowest BCUT2D eigenvalue weighted by molar-refractivity contribution is -0.138. The van der Waals surface area contributed by atoms with Gasteiger partial charge in [0.05, 0.1) is 16.4 Å². The Kier molecular flexibility index (Phi) is 8.38. The second-order valence-electron chi connectivity index (χ2n) is 7.50. The van der Waals surface area contributed by atoms with E-state index in [1.54, 1.807) is 0 Å². The van der Waals surface area contributed by atoms with Crippen molar-refractivity contribution in [3.8, 4) is 16.2 Å². The molecule has 32 heavy (non-hydrogen) atoms. The first kappa shape index (κ1) is 24.3. The van der Waals surface area contributed by atoms with Gasteiger partial charge in [-0.1, -0.05) is 40.3 Å². The molecular formula is C22H24BrN3O4S2. The number of thiophene rings is 1. The average Bonchev–Trinajstić information content (AvgIpc) is 3.17. The first-order valence-corrected chi connectivity index (χ1v) is 12.2. The molecular weight excluding hydrogens is 514 g/mol. The molecule has 1 fully saturated rings. The zero-order chi connectivity index (χ0) is 23.3. The van der Waals surface area contributed by atoms with E-state index in [1.165, 1.54) is 11.3 Å². The predicted octanol–water partition coefficient (Wildman–Crippen LogP) is 3.93. The summed E-state index contributed by atoms with van der Waals surface area (Å²) < 4.78 is 0.980. The Morgan fingerprint density at radius 1 is 1.28 bits per heavy atom. The maximum absolute atomic E-state index is 12.0. The molecule has 2 aromatic rings. The van der Waals surface area contributed by atoms with E-state index in [1.807, 2.05) is 41.5 Å². The summed E-state index contributed by atoms with van der Waals surface area (Å²) in [5.74, 6) is -1.25. The van der Waals surface area contributed by atoms with Crippen molar-refractivity contribution < 1.29 is 19.8 Å². The Hall–Kier alpha value is -2.30. The summed E-state index contributed by atoms with van der Waals surface area (Å²) in [6.07, 6.45) is 1.24. The van der Waals surface area contributed by atoms with Crippen LogP contribution in [0.3, 0.4) is 0 Å². The number of piperidine rings is 1. The van der Waals surface area contributed by atoms with Gasteiger partial charge in [0.25, 0.3) is 0 Å². The predicted molar refractivity (Wildman–Crippen MR) is 134 cm³/mol. The van der Waals surface area contributed by atoms with E-state index < -0.39 is 5.97 Å². The SMILES string of the molecule is CC(=NCC(=S)N1CCC(C(=O)NCC(=O)O)CC1)c1csc(-c2ccc(Br)cc2)c1O. The van der Waals surface area contributed by atoms with Crippen molar-refractivity contribution in [2.45, 2.75) is 19.8 Å². The van der Waals surface area contributed by atoms with Crippen molar-refractivity contribution in [3.05, 3.63) is 39.7 Å². The molecule has 0 spiro atoms. The van der Waals surface area contributed by atoms with Gasteiger partial charge in [0, 0.05) is 40.1 Å². The van der Waals surface area contributed by atoms with Crippen LogP contribution < -0.4 is 5.32 Å². The lowest BCUT2D eigenvalue weighted by atomic mass is 9.96. The molecule has 0 radical (unpaired) electrons. The first-order valence-electron chi connectivity index (χ1n) is 10.1. The minimum absolute atomic E-state index is 0.196. The molecule has 1 amide bonds. The number of nitrogens with one attached hydrogen (secondary N) is 1. The third-order valence-corrected chi connectivity index (χ3v) is 7.28. The molecule has 10 heteroatoms. The fraction of sp³-hybridized carbons (Fsp3) is 0.364. The molecule has 3 rings (SSSR count). The van der Waals surface area contributed by atoms with Crippen LogP contribution in [0.2, 0.25) is 0 Å². The van der Waals surface area contributed by atoms with Gasteiger partial charge in [0.1, 0.15) is 12.3 Å². The molecule has 170 valence electrons. The minimum Gasteiger partial charge on any atom is -0.506 e. The van der Waals surface area contributed by atoms with Gasteiger partial charge in [-0.2, -0.15) is 0 Å². The Bertz CT molecular complexity index is 1030. The third kappa shape index (κ3) is 6.14. The second-order valence-corrected chi connectivity index (χ2v) is 9.77. The Morgan fingerprint density at radius 2 is 1.94 bits per heavy atom. The van der Waals surface area contributed by atoms with Crippen LogP contribution in [-0.2, 0) is 9.59 Å². The van der Waals surface area contributed by atoms with Gasteiger partial charge < -0.3 is 20.4 Å². The molecule has 1 aromatic carbocycles.